The molecule has 8 nitrogen and oxygen atoms in total. The number of fused-ring (bicyclic) bond motifs is 1. The number of hydrogen-bond donors (Lipinski definition) is 3. The Morgan fingerprint density at radius 3 is 2.77 bits per heavy atom. The second-order valence-electron chi connectivity index (χ2n) is 7.64. The van der Waals surface area contributed by atoms with Gasteiger partial charge in [-0.1, -0.05) is 66.4 Å². The Balaban J connectivity index is 1.53. The minimum atomic E-state index is -0.869. The second kappa shape index (κ2) is 10.2. The van der Waals surface area contributed by atoms with Crippen LogP contribution < -0.4 is 5.32 Å². The molecule has 2 aromatic heterocycles. The summed E-state index contributed by atoms with van der Waals surface area (Å²) in [6.45, 7) is 2.82. The molecule has 1 aliphatic rings. The molecule has 1 fully saturated rings. The summed E-state index contributed by atoms with van der Waals surface area (Å²) in [5.41, 5.74) is 2.35. The molecular formula is C22H28N6O2S. The first-order valence-electron chi connectivity index (χ1n) is 10.7. The van der Waals surface area contributed by atoms with Gasteiger partial charge in [-0.05, 0) is 31.2 Å². The van der Waals surface area contributed by atoms with Crippen LogP contribution in [-0.2, 0) is 0 Å². The first-order valence-corrected chi connectivity index (χ1v) is 11.7. The molecule has 1 saturated carbocycles. The van der Waals surface area contributed by atoms with Crippen LogP contribution in [0.1, 0.15) is 44.2 Å². The maximum absolute atomic E-state index is 10.4. The Morgan fingerprint density at radius 1 is 1.19 bits per heavy atom. The maximum Gasteiger partial charge on any atom is 0.191 e. The summed E-state index contributed by atoms with van der Waals surface area (Å²) in [6, 6.07) is 9.86. The lowest BCUT2D eigenvalue weighted by atomic mass is 10.2. The van der Waals surface area contributed by atoms with Gasteiger partial charge in [0, 0.05) is 12.3 Å². The Labute approximate surface area is 185 Å². The van der Waals surface area contributed by atoms with Gasteiger partial charge in [-0.15, -0.1) is 5.10 Å². The third-order valence-electron chi connectivity index (χ3n) is 5.31. The van der Waals surface area contributed by atoms with E-state index < -0.39 is 12.2 Å². The Bertz CT molecular complexity index is 1030. The molecule has 0 saturated heterocycles. The zero-order valence-corrected chi connectivity index (χ0v) is 18.4. The minimum absolute atomic E-state index is 0.333. The van der Waals surface area contributed by atoms with Gasteiger partial charge in [0.05, 0.1) is 12.1 Å². The van der Waals surface area contributed by atoms with Gasteiger partial charge in [0.15, 0.2) is 22.1 Å². The van der Waals surface area contributed by atoms with Crippen LogP contribution in [0, 0.1) is 0 Å². The van der Waals surface area contributed by atoms with Crippen molar-refractivity contribution >= 4 is 34.8 Å². The molecule has 0 aliphatic heterocycles. The van der Waals surface area contributed by atoms with Crippen molar-refractivity contribution in [2.24, 2.45) is 0 Å². The monoisotopic (exact) mass is 440 g/mol. The van der Waals surface area contributed by atoms with E-state index in [2.05, 4.69) is 56.8 Å². The summed E-state index contributed by atoms with van der Waals surface area (Å²) in [4.78, 5) is 9.32. The highest BCUT2D eigenvalue weighted by molar-refractivity contribution is 7.99. The quantitative estimate of drug-likeness (QED) is 0.264. The number of aliphatic hydroxyl groups excluding tert-OH is 2. The van der Waals surface area contributed by atoms with Gasteiger partial charge in [-0.25, -0.2) is 14.6 Å². The fraction of sp³-hybridized carbons (Fsp3) is 0.455. The SMILES string of the molecule is CCCSc1nc(NCC/C=C/c2ccccc2)c2nnn([C@@H]3CC[C@@H](O)[C@H]3O)c2n1. The lowest BCUT2D eigenvalue weighted by Crippen LogP contribution is -2.28. The summed E-state index contributed by atoms with van der Waals surface area (Å²) >= 11 is 1.59. The molecule has 3 N–H and O–H groups in total. The van der Waals surface area contributed by atoms with Crippen molar-refractivity contribution in [2.75, 3.05) is 17.6 Å². The molecule has 4 rings (SSSR count). The molecule has 9 heteroatoms. The van der Waals surface area contributed by atoms with E-state index in [4.69, 9.17) is 0 Å². The van der Waals surface area contributed by atoms with Gasteiger partial charge in [0.2, 0.25) is 0 Å². The number of nitrogens with zero attached hydrogens (tertiary/aromatic N) is 5. The summed E-state index contributed by atoms with van der Waals surface area (Å²) in [5.74, 6) is 1.56. The van der Waals surface area contributed by atoms with Crippen molar-refractivity contribution in [1.82, 2.24) is 25.0 Å². The number of thioether (sulfide) groups is 1. The van der Waals surface area contributed by atoms with E-state index in [-0.39, 0.29) is 6.04 Å². The number of hydrogen-bond acceptors (Lipinski definition) is 8. The molecule has 2 heterocycles. The van der Waals surface area contributed by atoms with Crippen LogP contribution in [0.2, 0.25) is 0 Å². The smallest absolute Gasteiger partial charge is 0.191 e. The summed E-state index contributed by atoms with van der Waals surface area (Å²) in [7, 11) is 0. The molecule has 0 radical (unpaired) electrons. The molecule has 3 aromatic rings. The predicted octanol–water partition coefficient (Wildman–Crippen LogP) is 3.30. The Morgan fingerprint density at radius 2 is 2.03 bits per heavy atom. The van der Waals surface area contributed by atoms with Crippen LogP contribution in [-0.4, -0.2) is 59.7 Å². The third-order valence-corrected chi connectivity index (χ3v) is 6.37. The average Bonchev–Trinajstić information content (AvgIpc) is 3.35. The summed E-state index contributed by atoms with van der Waals surface area (Å²) < 4.78 is 1.65. The lowest BCUT2D eigenvalue weighted by Gasteiger charge is -2.16. The fourth-order valence-electron chi connectivity index (χ4n) is 3.68. The van der Waals surface area contributed by atoms with Gasteiger partial charge in [-0.2, -0.15) is 0 Å². The number of aromatic nitrogens is 5. The highest BCUT2D eigenvalue weighted by atomic mass is 32.2. The number of rotatable bonds is 9. The van der Waals surface area contributed by atoms with Crippen LogP contribution >= 0.6 is 11.8 Å². The molecule has 0 unspecified atom stereocenters. The largest absolute Gasteiger partial charge is 0.390 e. The van der Waals surface area contributed by atoms with Crippen LogP contribution in [0.5, 0.6) is 0 Å². The molecule has 31 heavy (non-hydrogen) atoms. The van der Waals surface area contributed by atoms with Crippen molar-refractivity contribution in [1.29, 1.82) is 0 Å². The third kappa shape index (κ3) is 5.06. The van der Waals surface area contributed by atoms with Gasteiger partial charge in [0.1, 0.15) is 6.10 Å². The zero-order valence-electron chi connectivity index (χ0n) is 17.6. The molecule has 0 bridgehead atoms. The standard InChI is InChI=1S/C22H28N6O2S/c1-2-14-31-22-24-20(23-13-7-6-10-15-8-4-3-5-9-15)18-21(25-22)28(27-26-18)16-11-12-17(29)19(16)30/h3-6,8-10,16-17,19,29-30H,2,7,11-14H2,1H3,(H,23,24,25)/b10-6+/t16-,17-,19+/m1/s1. The number of anilines is 1. The molecule has 1 aromatic carbocycles. The van der Waals surface area contributed by atoms with E-state index in [1.807, 2.05) is 18.2 Å². The van der Waals surface area contributed by atoms with Crippen molar-refractivity contribution in [3.63, 3.8) is 0 Å². The van der Waals surface area contributed by atoms with Gasteiger partial charge < -0.3 is 15.5 Å². The Kier molecular flexibility index (Phi) is 7.16. The first kappa shape index (κ1) is 21.7. The van der Waals surface area contributed by atoms with E-state index in [1.165, 1.54) is 5.56 Å². The lowest BCUT2D eigenvalue weighted by molar-refractivity contribution is 0.0215. The van der Waals surface area contributed by atoms with E-state index in [1.54, 1.807) is 16.4 Å². The maximum atomic E-state index is 10.4. The van der Waals surface area contributed by atoms with Gasteiger partial charge >= 0.3 is 0 Å². The topological polar surface area (TPSA) is 109 Å². The van der Waals surface area contributed by atoms with Gasteiger partial charge in [0.25, 0.3) is 0 Å². The molecular weight excluding hydrogens is 412 g/mol. The van der Waals surface area contributed by atoms with E-state index in [9.17, 15) is 10.2 Å². The first-order chi connectivity index (χ1) is 15.2. The van der Waals surface area contributed by atoms with Crippen LogP contribution in [0.25, 0.3) is 17.2 Å². The molecule has 3 atom stereocenters. The number of benzene rings is 1. The molecule has 0 amide bonds. The second-order valence-corrected chi connectivity index (χ2v) is 8.70. The summed E-state index contributed by atoms with van der Waals surface area (Å²) in [6.07, 6.45) is 5.64. The van der Waals surface area contributed by atoms with Crippen molar-refractivity contribution in [2.45, 2.75) is 56.0 Å². The molecule has 1 aliphatic carbocycles. The highest BCUT2D eigenvalue weighted by Crippen LogP contribution is 2.33. The van der Waals surface area contributed by atoms with Crippen molar-refractivity contribution in [3.8, 4) is 0 Å². The van der Waals surface area contributed by atoms with Crippen LogP contribution in [0.4, 0.5) is 5.82 Å². The van der Waals surface area contributed by atoms with E-state index >= 15 is 0 Å². The molecule has 0 spiro atoms. The number of aliphatic hydroxyl groups is 2. The Hall–Kier alpha value is -2.49. The normalized spacial score (nSPS) is 21.3. The summed E-state index contributed by atoms with van der Waals surface area (Å²) in [5, 5.41) is 32.9. The average molecular weight is 441 g/mol. The van der Waals surface area contributed by atoms with Gasteiger partial charge in [-0.3, -0.25) is 0 Å². The minimum Gasteiger partial charge on any atom is -0.390 e. The van der Waals surface area contributed by atoms with Crippen LogP contribution in [0.15, 0.2) is 41.6 Å². The van der Waals surface area contributed by atoms with E-state index in [0.29, 0.717) is 41.5 Å². The number of nitrogens with one attached hydrogen (secondary N) is 1. The van der Waals surface area contributed by atoms with E-state index in [0.717, 1.165) is 18.6 Å². The predicted molar refractivity (Wildman–Crippen MR) is 123 cm³/mol. The fourth-order valence-corrected chi connectivity index (χ4v) is 4.37. The van der Waals surface area contributed by atoms with Crippen molar-refractivity contribution in [3.05, 3.63) is 42.0 Å². The molecule has 164 valence electrons. The zero-order chi connectivity index (χ0) is 21.6. The van der Waals surface area contributed by atoms with Crippen molar-refractivity contribution < 1.29 is 10.2 Å². The van der Waals surface area contributed by atoms with Crippen LogP contribution in [0.3, 0.4) is 0 Å². The highest BCUT2D eigenvalue weighted by Gasteiger charge is 2.36.